The van der Waals surface area contributed by atoms with Crippen molar-refractivity contribution in [1.82, 2.24) is 19.7 Å². The molecule has 0 aliphatic heterocycles. The summed E-state index contributed by atoms with van der Waals surface area (Å²) in [6.45, 7) is 0.783. The Morgan fingerprint density at radius 1 is 1.12 bits per heavy atom. The number of benzene rings is 2. The van der Waals surface area contributed by atoms with Gasteiger partial charge in [0.1, 0.15) is 11.3 Å². The Morgan fingerprint density at radius 2 is 2.00 bits per heavy atom. The molecule has 0 saturated heterocycles. The largest absolute Gasteiger partial charge is 0.323 e. The fraction of sp³-hybridized carbons (Fsp3) is 0.118. The Labute approximate surface area is 152 Å². The minimum atomic E-state index is 0.704. The maximum atomic E-state index is 6.13. The second-order valence-corrected chi connectivity index (χ2v) is 7.72. The van der Waals surface area contributed by atoms with E-state index in [4.69, 9.17) is 16.6 Å². The highest BCUT2D eigenvalue weighted by Crippen LogP contribution is 2.27. The van der Waals surface area contributed by atoms with Gasteiger partial charge < -0.3 is 4.57 Å². The topological polar surface area (TPSA) is 43.6 Å². The van der Waals surface area contributed by atoms with Crippen LogP contribution < -0.4 is 0 Å². The molecule has 0 radical (unpaired) electrons. The van der Waals surface area contributed by atoms with Crippen LogP contribution in [-0.2, 0) is 12.3 Å². The van der Waals surface area contributed by atoms with Gasteiger partial charge in [0.2, 0.25) is 0 Å². The van der Waals surface area contributed by atoms with Crippen molar-refractivity contribution in [3.63, 3.8) is 0 Å². The Kier molecular flexibility index (Phi) is 4.51. The third kappa shape index (κ3) is 3.31. The summed E-state index contributed by atoms with van der Waals surface area (Å²) in [4.78, 5) is 4.78. The van der Waals surface area contributed by atoms with Gasteiger partial charge in [-0.3, -0.25) is 0 Å². The Bertz CT molecular complexity index is 952. The number of nitrogens with zero attached hydrogens (tertiary/aromatic N) is 4. The molecular formula is C17H13ClN4S2. The molecule has 0 N–H and O–H groups in total. The molecule has 0 fully saturated rings. The van der Waals surface area contributed by atoms with E-state index in [1.807, 2.05) is 24.3 Å². The first kappa shape index (κ1) is 15.6. The normalized spacial score (nSPS) is 11.2. The predicted octanol–water partition coefficient (Wildman–Crippen LogP) is 4.88. The van der Waals surface area contributed by atoms with Crippen LogP contribution in [0.1, 0.15) is 11.4 Å². The number of hydrogen-bond acceptors (Lipinski definition) is 5. The maximum absolute atomic E-state index is 6.13. The van der Waals surface area contributed by atoms with Gasteiger partial charge >= 0.3 is 0 Å². The van der Waals surface area contributed by atoms with Crippen molar-refractivity contribution in [3.05, 3.63) is 70.5 Å². The van der Waals surface area contributed by atoms with Crippen LogP contribution in [0.15, 0.2) is 58.4 Å². The van der Waals surface area contributed by atoms with Gasteiger partial charge in [-0.2, -0.15) is 0 Å². The number of fused-ring (bicyclic) bond motifs is 1. The van der Waals surface area contributed by atoms with Crippen LogP contribution >= 0.6 is 34.7 Å². The lowest BCUT2D eigenvalue weighted by Gasteiger charge is -2.09. The van der Waals surface area contributed by atoms with Gasteiger partial charge in [0.05, 0.1) is 16.8 Å². The minimum Gasteiger partial charge on any atom is -0.323 e. The number of halogens is 1. The van der Waals surface area contributed by atoms with Gasteiger partial charge in [-0.25, -0.2) is 4.98 Å². The number of rotatable bonds is 5. The fourth-order valence-electron chi connectivity index (χ4n) is 2.56. The monoisotopic (exact) mass is 372 g/mol. The smallest absolute Gasteiger partial charge is 0.174 e. The van der Waals surface area contributed by atoms with Crippen molar-refractivity contribution < 1.29 is 0 Å². The van der Waals surface area contributed by atoms with Crippen molar-refractivity contribution in [2.24, 2.45) is 0 Å². The summed E-state index contributed by atoms with van der Waals surface area (Å²) < 4.78 is 3.20. The van der Waals surface area contributed by atoms with Crippen molar-refractivity contribution >= 4 is 45.7 Å². The molecule has 2 aromatic heterocycles. The Morgan fingerprint density at radius 3 is 2.79 bits per heavy atom. The van der Waals surface area contributed by atoms with Gasteiger partial charge in [-0.15, -0.1) is 10.2 Å². The van der Waals surface area contributed by atoms with Crippen molar-refractivity contribution in [2.75, 3.05) is 0 Å². The molecule has 0 amide bonds. The van der Waals surface area contributed by atoms with E-state index in [-0.39, 0.29) is 0 Å². The first-order chi connectivity index (χ1) is 11.8. The highest BCUT2D eigenvalue weighted by atomic mass is 35.5. The predicted molar refractivity (Wildman–Crippen MR) is 99.8 cm³/mol. The fourth-order valence-corrected chi connectivity index (χ4v) is 4.16. The van der Waals surface area contributed by atoms with Crippen molar-refractivity contribution in [2.45, 2.75) is 16.6 Å². The standard InChI is InChI=1S/C17H13ClN4S2/c18-13-6-7-15-14(8-13)20-16(10-23-17-21-19-11-24-17)22(15)9-12-4-2-1-3-5-12/h1-8,11H,9-10H2. The third-order valence-electron chi connectivity index (χ3n) is 3.64. The lowest BCUT2D eigenvalue weighted by molar-refractivity contribution is 0.780. The third-order valence-corrected chi connectivity index (χ3v) is 5.73. The van der Waals surface area contributed by atoms with Gasteiger partial charge in [0.25, 0.3) is 0 Å². The first-order valence-electron chi connectivity index (χ1n) is 7.37. The molecule has 7 heteroatoms. The zero-order valence-corrected chi connectivity index (χ0v) is 15.0. The van der Waals surface area contributed by atoms with Gasteiger partial charge in [-0.1, -0.05) is 65.0 Å². The van der Waals surface area contributed by atoms with E-state index < -0.39 is 0 Å². The molecule has 0 atom stereocenters. The second-order valence-electron chi connectivity index (χ2n) is 5.23. The summed E-state index contributed by atoms with van der Waals surface area (Å²) in [7, 11) is 0. The van der Waals surface area contributed by atoms with Gasteiger partial charge in [-0.05, 0) is 23.8 Å². The SMILES string of the molecule is Clc1ccc2c(c1)nc(CSc1nncs1)n2Cc1ccccc1. The summed E-state index contributed by atoms with van der Waals surface area (Å²) in [5.74, 6) is 1.75. The molecule has 0 unspecified atom stereocenters. The van der Waals surface area contributed by atoms with E-state index in [0.717, 1.165) is 33.5 Å². The lowest BCUT2D eigenvalue weighted by Crippen LogP contribution is -2.04. The summed E-state index contributed by atoms with van der Waals surface area (Å²) >= 11 is 9.32. The summed E-state index contributed by atoms with van der Waals surface area (Å²) in [5.41, 5.74) is 5.01. The molecule has 4 rings (SSSR count). The van der Waals surface area contributed by atoms with E-state index in [1.165, 1.54) is 5.56 Å². The molecule has 2 heterocycles. The van der Waals surface area contributed by atoms with Crippen molar-refractivity contribution in [1.29, 1.82) is 0 Å². The highest BCUT2D eigenvalue weighted by molar-refractivity contribution is 8.00. The number of hydrogen-bond donors (Lipinski definition) is 0. The molecule has 0 aliphatic carbocycles. The van der Waals surface area contributed by atoms with E-state index in [0.29, 0.717) is 5.02 Å². The van der Waals surface area contributed by atoms with Crippen LogP contribution in [0.25, 0.3) is 11.0 Å². The van der Waals surface area contributed by atoms with Crippen LogP contribution in [0.2, 0.25) is 5.02 Å². The average molecular weight is 373 g/mol. The number of imidazole rings is 1. The molecule has 0 bridgehead atoms. The van der Waals surface area contributed by atoms with Crippen LogP contribution in [0.5, 0.6) is 0 Å². The molecule has 120 valence electrons. The van der Waals surface area contributed by atoms with E-state index >= 15 is 0 Å². The van der Waals surface area contributed by atoms with Crippen LogP contribution in [0.4, 0.5) is 0 Å². The van der Waals surface area contributed by atoms with Crippen LogP contribution in [0, 0.1) is 0 Å². The van der Waals surface area contributed by atoms with Crippen LogP contribution in [0.3, 0.4) is 0 Å². The molecular weight excluding hydrogens is 360 g/mol. The number of aromatic nitrogens is 4. The summed E-state index contributed by atoms with van der Waals surface area (Å²) in [5, 5.41) is 8.67. The highest BCUT2D eigenvalue weighted by Gasteiger charge is 2.13. The second kappa shape index (κ2) is 6.93. The Balaban J connectivity index is 1.71. The summed E-state index contributed by atoms with van der Waals surface area (Å²) in [6.07, 6.45) is 0. The maximum Gasteiger partial charge on any atom is 0.174 e. The molecule has 0 spiro atoms. The summed E-state index contributed by atoms with van der Waals surface area (Å²) in [6, 6.07) is 16.3. The Hall–Kier alpha value is -1.89. The molecule has 4 nitrogen and oxygen atoms in total. The number of thioether (sulfide) groups is 1. The zero-order valence-electron chi connectivity index (χ0n) is 12.6. The van der Waals surface area contributed by atoms with E-state index in [2.05, 4.69) is 39.0 Å². The zero-order chi connectivity index (χ0) is 16.4. The van der Waals surface area contributed by atoms with E-state index in [9.17, 15) is 0 Å². The quantitative estimate of drug-likeness (QED) is 0.468. The van der Waals surface area contributed by atoms with Gasteiger partial charge in [0, 0.05) is 11.6 Å². The first-order valence-corrected chi connectivity index (χ1v) is 9.61. The van der Waals surface area contributed by atoms with Gasteiger partial charge in [0.15, 0.2) is 4.34 Å². The average Bonchev–Trinajstić information content (AvgIpc) is 3.22. The molecule has 0 aliphatic rings. The molecule has 0 saturated carbocycles. The molecule has 4 aromatic rings. The van der Waals surface area contributed by atoms with Crippen molar-refractivity contribution in [3.8, 4) is 0 Å². The lowest BCUT2D eigenvalue weighted by atomic mass is 10.2. The molecule has 2 aromatic carbocycles. The molecule has 24 heavy (non-hydrogen) atoms. The minimum absolute atomic E-state index is 0.704. The van der Waals surface area contributed by atoms with E-state index in [1.54, 1.807) is 28.6 Å². The van der Waals surface area contributed by atoms with Crippen LogP contribution in [-0.4, -0.2) is 19.7 Å².